The van der Waals surface area contributed by atoms with Crippen molar-refractivity contribution < 1.29 is 15.3 Å². The molecule has 4 aliphatic heterocycles. The highest BCUT2D eigenvalue weighted by Crippen LogP contribution is 2.62. The van der Waals surface area contributed by atoms with E-state index < -0.39 is 5.60 Å². The van der Waals surface area contributed by atoms with Crippen LogP contribution >= 0.6 is 0 Å². The Labute approximate surface area is 255 Å². The molecule has 4 saturated heterocycles. The molecule has 4 fully saturated rings. The largest absolute Gasteiger partial charge is 0.506 e. The van der Waals surface area contributed by atoms with Crippen LogP contribution in [0.1, 0.15) is 89.2 Å². The van der Waals surface area contributed by atoms with Gasteiger partial charge >= 0.3 is 0 Å². The van der Waals surface area contributed by atoms with Gasteiger partial charge in [-0.2, -0.15) is 0 Å². The molecule has 1 aromatic carbocycles. The van der Waals surface area contributed by atoms with Crippen LogP contribution in [0.25, 0.3) is 27.4 Å². The highest BCUT2D eigenvalue weighted by Gasteiger charge is 2.66. The van der Waals surface area contributed by atoms with Crippen LogP contribution in [0.4, 0.5) is 0 Å². The number of phenols is 1. The summed E-state index contributed by atoms with van der Waals surface area (Å²) in [5.41, 5.74) is 2.87. The number of allylic oxidation sites excluding steroid dienone is 1. The number of fused-ring (bicyclic) bond motifs is 5. The smallest absolute Gasteiger partial charge is 0.139 e. The second kappa shape index (κ2) is 10.9. The van der Waals surface area contributed by atoms with Gasteiger partial charge in [-0.05, 0) is 101 Å². The third kappa shape index (κ3) is 4.56. The molecule has 1 spiro atoms. The van der Waals surface area contributed by atoms with Crippen molar-refractivity contribution in [1.82, 2.24) is 19.8 Å². The molecule has 5 aliphatic rings. The van der Waals surface area contributed by atoms with Gasteiger partial charge in [-0.3, -0.25) is 9.88 Å². The van der Waals surface area contributed by atoms with Gasteiger partial charge in [0, 0.05) is 41.0 Å². The van der Waals surface area contributed by atoms with E-state index in [0.29, 0.717) is 12.0 Å². The topological polar surface area (TPSA) is 95.8 Å². The molecule has 6 heterocycles. The maximum atomic E-state index is 13.1. The van der Waals surface area contributed by atoms with Crippen molar-refractivity contribution in [2.45, 2.75) is 107 Å². The number of pyridine rings is 1. The van der Waals surface area contributed by atoms with Gasteiger partial charge in [-0.25, -0.2) is 0 Å². The summed E-state index contributed by atoms with van der Waals surface area (Å²) >= 11 is 0. The highest BCUT2D eigenvalue weighted by atomic mass is 16.3. The molecule has 8 rings (SSSR count). The van der Waals surface area contributed by atoms with E-state index in [9.17, 15) is 15.3 Å². The number of benzene rings is 1. The number of nitrogens with one attached hydrogen (secondary N) is 1. The van der Waals surface area contributed by atoms with Gasteiger partial charge in [0.1, 0.15) is 5.75 Å². The fourth-order valence-electron chi connectivity index (χ4n) is 10.4. The van der Waals surface area contributed by atoms with Gasteiger partial charge < -0.3 is 25.2 Å². The summed E-state index contributed by atoms with van der Waals surface area (Å²) in [6.07, 6.45) is 17.9. The molecule has 3 bridgehead atoms. The number of aliphatic hydroxyl groups excluding tert-OH is 1. The second-order valence-corrected chi connectivity index (χ2v) is 14.6. The van der Waals surface area contributed by atoms with E-state index in [1.165, 1.54) is 37.7 Å². The molecular formula is C36H48N4O3. The summed E-state index contributed by atoms with van der Waals surface area (Å²) in [4.78, 5) is 14.1. The number of nitrogens with zero attached hydrogens (tertiary/aromatic N) is 3. The zero-order valence-corrected chi connectivity index (χ0v) is 25.5. The third-order valence-corrected chi connectivity index (χ3v) is 12.1. The monoisotopic (exact) mass is 584 g/mol. The lowest BCUT2D eigenvalue weighted by Gasteiger charge is -2.58. The van der Waals surface area contributed by atoms with E-state index in [2.05, 4.69) is 33.0 Å². The number of phenolic OH excluding ortho intramolecular Hbond substituents is 1. The average Bonchev–Trinajstić information content (AvgIpc) is 3.52. The first-order valence-electron chi connectivity index (χ1n) is 17.2. The number of para-hydroxylation sites is 1. The lowest BCUT2D eigenvalue weighted by molar-refractivity contribution is -0.0928. The maximum Gasteiger partial charge on any atom is 0.139 e. The third-order valence-electron chi connectivity index (χ3n) is 12.1. The summed E-state index contributed by atoms with van der Waals surface area (Å²) in [6.45, 7) is 4.22. The molecule has 1 unspecified atom stereocenters. The zero-order valence-electron chi connectivity index (χ0n) is 25.5. The summed E-state index contributed by atoms with van der Waals surface area (Å²) in [6, 6.07) is 8.24. The van der Waals surface area contributed by atoms with E-state index >= 15 is 0 Å². The molecule has 7 atom stereocenters. The maximum absolute atomic E-state index is 13.1. The molecular weight excluding hydrogens is 536 g/mol. The molecule has 230 valence electrons. The number of aliphatic hydroxyl groups is 2. The second-order valence-electron chi connectivity index (χ2n) is 14.6. The summed E-state index contributed by atoms with van der Waals surface area (Å²) < 4.78 is 0. The number of hydrogen-bond donors (Lipinski definition) is 4. The van der Waals surface area contributed by atoms with Crippen molar-refractivity contribution in [2.75, 3.05) is 26.2 Å². The van der Waals surface area contributed by atoms with Gasteiger partial charge in [-0.1, -0.05) is 44.2 Å². The number of aromatic amines is 1. The van der Waals surface area contributed by atoms with Crippen molar-refractivity contribution >= 4 is 27.4 Å². The van der Waals surface area contributed by atoms with Crippen LogP contribution < -0.4 is 0 Å². The number of aromatic hydroxyl groups is 1. The van der Waals surface area contributed by atoms with Crippen molar-refractivity contribution in [3.05, 3.63) is 42.2 Å². The van der Waals surface area contributed by atoms with E-state index in [-0.39, 0.29) is 23.3 Å². The molecule has 0 radical (unpaired) electrons. The number of piperidine rings is 1. The quantitative estimate of drug-likeness (QED) is 0.281. The average molecular weight is 585 g/mol. The fourth-order valence-corrected chi connectivity index (χ4v) is 10.4. The Hall–Kier alpha value is -2.45. The van der Waals surface area contributed by atoms with Gasteiger partial charge in [0.05, 0.1) is 28.4 Å². The lowest BCUT2D eigenvalue weighted by atomic mass is 9.54. The minimum atomic E-state index is -0.937. The zero-order chi connectivity index (χ0) is 29.2. The number of rotatable bonds is 1. The van der Waals surface area contributed by atoms with Crippen molar-refractivity contribution in [3.63, 3.8) is 0 Å². The molecule has 3 aromatic rings. The first-order valence-corrected chi connectivity index (χ1v) is 17.2. The molecule has 0 saturated carbocycles. The van der Waals surface area contributed by atoms with E-state index in [4.69, 9.17) is 4.98 Å². The Kier molecular flexibility index (Phi) is 7.09. The van der Waals surface area contributed by atoms with Gasteiger partial charge in [-0.15, -0.1) is 0 Å². The fraction of sp³-hybridized carbons (Fsp3) is 0.639. The molecule has 2 aromatic heterocycles. The van der Waals surface area contributed by atoms with Crippen LogP contribution in [0.5, 0.6) is 5.75 Å². The van der Waals surface area contributed by atoms with Crippen molar-refractivity contribution in [1.29, 1.82) is 0 Å². The normalized spacial score (nSPS) is 37.4. The number of hydrogen-bond acceptors (Lipinski definition) is 6. The predicted molar refractivity (Wildman–Crippen MR) is 171 cm³/mol. The molecule has 43 heavy (non-hydrogen) atoms. The van der Waals surface area contributed by atoms with E-state index in [0.717, 1.165) is 105 Å². The van der Waals surface area contributed by atoms with Crippen molar-refractivity contribution in [3.8, 4) is 5.75 Å². The first-order chi connectivity index (χ1) is 21.0. The van der Waals surface area contributed by atoms with Crippen LogP contribution in [-0.2, 0) is 0 Å². The molecule has 1 aliphatic carbocycles. The van der Waals surface area contributed by atoms with Crippen LogP contribution in [0, 0.1) is 11.3 Å². The molecule has 4 N–H and O–H groups in total. The number of H-pyrrole nitrogens is 1. The Morgan fingerprint density at radius 3 is 2.60 bits per heavy atom. The number of aromatic nitrogens is 2. The standard InChI is InChI=1S/C36H48N4O3/c41-25-9-8-19-40-24(12-13-25)21-35-23-39-18-6-4-2-1-3-5-16-36(43,34(35)40)22-28(29(35)15-20-39)32-33-27(14-17-37-32)26-10-7-11-30(42)31(26)38-33/h7,10-11,14,17,22,24-25,29,34,38,41-43H,1-6,8-9,12-13,15-16,18-21,23H2/t24-,25-,29-,34+,35-,36-/m1/s1. The van der Waals surface area contributed by atoms with Gasteiger partial charge in [0.25, 0.3) is 0 Å². The molecule has 7 nitrogen and oxygen atoms in total. The first kappa shape index (κ1) is 28.1. The minimum Gasteiger partial charge on any atom is -0.506 e. The molecule has 7 heteroatoms. The van der Waals surface area contributed by atoms with Crippen molar-refractivity contribution in [2.24, 2.45) is 11.3 Å². The summed E-state index contributed by atoms with van der Waals surface area (Å²) in [7, 11) is 0. The Bertz CT molecular complexity index is 1530. The SMILES string of the molecule is Oc1cccc2c1[nH]c1c(C3=C[C@]4(O)CCCCCCCCN5CC[C@H]3[C@@]3(C[C@H]6CC[C@H](O)CCCN6[C@@H]34)C5)nccc12. The Morgan fingerprint density at radius 1 is 0.860 bits per heavy atom. The molecule has 0 amide bonds. The Morgan fingerprint density at radius 2 is 1.70 bits per heavy atom. The van der Waals surface area contributed by atoms with Crippen LogP contribution in [-0.4, -0.2) is 85.1 Å². The van der Waals surface area contributed by atoms with Gasteiger partial charge in [0.2, 0.25) is 0 Å². The lowest BCUT2D eigenvalue weighted by Crippen LogP contribution is -2.65. The Balaban J connectivity index is 1.32. The summed E-state index contributed by atoms with van der Waals surface area (Å²) in [5.74, 6) is 0.557. The predicted octanol–water partition coefficient (Wildman–Crippen LogP) is 5.98. The van der Waals surface area contributed by atoms with E-state index in [1.54, 1.807) is 6.07 Å². The summed E-state index contributed by atoms with van der Waals surface area (Å²) in [5, 5.41) is 36.6. The van der Waals surface area contributed by atoms with Crippen LogP contribution in [0.15, 0.2) is 36.5 Å². The van der Waals surface area contributed by atoms with Crippen LogP contribution in [0.3, 0.4) is 0 Å². The van der Waals surface area contributed by atoms with Gasteiger partial charge in [0.15, 0.2) is 0 Å². The van der Waals surface area contributed by atoms with E-state index in [1.807, 2.05) is 12.3 Å². The highest BCUT2D eigenvalue weighted by molar-refractivity contribution is 6.11. The minimum absolute atomic E-state index is 0.0664. The van der Waals surface area contributed by atoms with Crippen LogP contribution in [0.2, 0.25) is 0 Å².